The molecule has 1 aromatic rings. The third-order valence-corrected chi connectivity index (χ3v) is 4.94. The van der Waals surface area contributed by atoms with Gasteiger partial charge in [-0.1, -0.05) is 0 Å². The van der Waals surface area contributed by atoms with Gasteiger partial charge in [0, 0.05) is 18.6 Å². The lowest BCUT2D eigenvalue weighted by molar-refractivity contribution is -0.121. The molecule has 9 heteroatoms. The Morgan fingerprint density at radius 1 is 1.23 bits per heavy atom. The van der Waals surface area contributed by atoms with Crippen LogP contribution in [0.2, 0.25) is 0 Å². The Morgan fingerprint density at radius 3 is 2.43 bits per heavy atom. The van der Waals surface area contributed by atoms with Crippen LogP contribution >= 0.6 is 24.0 Å². The minimum Gasteiger partial charge on any atom is -0.444 e. The number of amides is 1. The van der Waals surface area contributed by atoms with E-state index < -0.39 is 0 Å². The van der Waals surface area contributed by atoms with Crippen molar-refractivity contribution in [1.29, 1.82) is 0 Å². The average Bonchev–Trinajstić information content (AvgIpc) is 2.94. The van der Waals surface area contributed by atoms with E-state index in [1.807, 2.05) is 41.5 Å². The largest absolute Gasteiger partial charge is 0.444 e. The highest BCUT2D eigenvalue weighted by Crippen LogP contribution is 2.19. The van der Waals surface area contributed by atoms with Gasteiger partial charge in [-0.25, -0.2) is 9.98 Å². The van der Waals surface area contributed by atoms with Crippen molar-refractivity contribution < 1.29 is 9.21 Å². The van der Waals surface area contributed by atoms with E-state index in [1.54, 1.807) is 0 Å². The predicted molar refractivity (Wildman–Crippen MR) is 131 cm³/mol. The van der Waals surface area contributed by atoms with Crippen molar-refractivity contribution in [2.45, 2.75) is 66.5 Å². The molecule has 0 saturated carbocycles. The summed E-state index contributed by atoms with van der Waals surface area (Å²) in [7, 11) is 0. The second kappa shape index (κ2) is 12.5. The first-order valence-electron chi connectivity index (χ1n) is 10.6. The molecule has 1 amide bonds. The Morgan fingerprint density at radius 2 is 1.90 bits per heavy atom. The third kappa shape index (κ3) is 9.63. The molecular formula is C21H39IN6O2. The molecule has 1 aliphatic heterocycles. The highest BCUT2D eigenvalue weighted by atomic mass is 127. The molecule has 1 aromatic heterocycles. The van der Waals surface area contributed by atoms with Gasteiger partial charge < -0.3 is 20.4 Å². The number of nitrogens with zero attached hydrogens (tertiary/aromatic N) is 3. The SMILES string of the molecule is CCNC(=NCC(=O)NC(C)(C)C)NCC1CCN(Cc2nc(C)c(C)o2)CC1.I. The number of guanidine groups is 1. The minimum absolute atomic E-state index is 0. The maximum atomic E-state index is 12.0. The molecular weight excluding hydrogens is 495 g/mol. The van der Waals surface area contributed by atoms with Crippen molar-refractivity contribution in [1.82, 2.24) is 25.8 Å². The number of aromatic nitrogens is 1. The molecule has 0 atom stereocenters. The van der Waals surface area contributed by atoms with Gasteiger partial charge in [0.25, 0.3) is 0 Å². The number of piperidine rings is 1. The number of aliphatic imine (C=N–C) groups is 1. The standard InChI is InChI=1S/C21H38N6O2.HI/c1-7-22-20(24-13-18(28)26-21(4,5)6)23-12-17-8-10-27(11-9-17)14-19-25-15(2)16(3)29-19;/h17H,7-14H2,1-6H3,(H,26,28)(H2,22,23,24);1H. The highest BCUT2D eigenvalue weighted by molar-refractivity contribution is 14.0. The number of nitrogens with one attached hydrogen (secondary N) is 3. The minimum atomic E-state index is -0.241. The third-order valence-electron chi connectivity index (χ3n) is 4.94. The van der Waals surface area contributed by atoms with E-state index in [0.717, 1.165) is 62.9 Å². The predicted octanol–water partition coefficient (Wildman–Crippen LogP) is 2.59. The molecule has 1 fully saturated rings. The van der Waals surface area contributed by atoms with Gasteiger partial charge in [-0.3, -0.25) is 9.69 Å². The Labute approximate surface area is 198 Å². The molecule has 2 rings (SSSR count). The first kappa shape index (κ1) is 26.7. The van der Waals surface area contributed by atoms with Crippen LogP contribution in [0.3, 0.4) is 0 Å². The van der Waals surface area contributed by atoms with Gasteiger partial charge in [-0.05, 0) is 73.4 Å². The van der Waals surface area contributed by atoms with E-state index in [1.165, 1.54) is 0 Å². The van der Waals surface area contributed by atoms with Crippen molar-refractivity contribution >= 4 is 35.8 Å². The Kier molecular flexibility index (Phi) is 11.1. The van der Waals surface area contributed by atoms with E-state index in [-0.39, 0.29) is 42.0 Å². The Bertz CT molecular complexity index is 671. The van der Waals surface area contributed by atoms with Crippen LogP contribution in [0.25, 0.3) is 0 Å². The van der Waals surface area contributed by atoms with Gasteiger partial charge in [-0.2, -0.15) is 0 Å². The fourth-order valence-corrected chi connectivity index (χ4v) is 3.34. The number of likely N-dealkylation sites (tertiary alicyclic amines) is 1. The number of hydrogen-bond donors (Lipinski definition) is 3. The van der Waals surface area contributed by atoms with Crippen LogP contribution in [0, 0.1) is 19.8 Å². The Hall–Kier alpha value is -1.36. The van der Waals surface area contributed by atoms with Crippen LogP contribution in [0.4, 0.5) is 0 Å². The van der Waals surface area contributed by atoms with Crippen LogP contribution in [0.15, 0.2) is 9.41 Å². The van der Waals surface area contributed by atoms with Crippen molar-refractivity contribution in [3.8, 4) is 0 Å². The van der Waals surface area contributed by atoms with Crippen LogP contribution in [-0.4, -0.2) is 60.0 Å². The number of aryl methyl sites for hydroxylation is 2. The monoisotopic (exact) mass is 534 g/mol. The second-order valence-corrected chi connectivity index (χ2v) is 8.84. The van der Waals surface area contributed by atoms with Crippen molar-refractivity contribution in [3.05, 3.63) is 17.3 Å². The lowest BCUT2D eigenvalue weighted by Gasteiger charge is -2.31. The van der Waals surface area contributed by atoms with E-state index >= 15 is 0 Å². The lowest BCUT2D eigenvalue weighted by atomic mass is 9.97. The molecule has 1 saturated heterocycles. The quantitative estimate of drug-likeness (QED) is 0.283. The summed E-state index contributed by atoms with van der Waals surface area (Å²) >= 11 is 0. The van der Waals surface area contributed by atoms with Gasteiger partial charge in [0.1, 0.15) is 12.3 Å². The first-order chi connectivity index (χ1) is 13.7. The van der Waals surface area contributed by atoms with Gasteiger partial charge in [-0.15, -0.1) is 24.0 Å². The summed E-state index contributed by atoms with van der Waals surface area (Å²) in [6.45, 7) is 16.5. The highest BCUT2D eigenvalue weighted by Gasteiger charge is 2.21. The molecule has 0 aliphatic carbocycles. The normalized spacial score (nSPS) is 16.1. The lowest BCUT2D eigenvalue weighted by Crippen LogP contribution is -2.44. The molecule has 2 heterocycles. The summed E-state index contributed by atoms with van der Waals surface area (Å²) in [6.07, 6.45) is 2.24. The van der Waals surface area contributed by atoms with Crippen LogP contribution in [0.5, 0.6) is 0 Å². The second-order valence-electron chi connectivity index (χ2n) is 8.84. The van der Waals surface area contributed by atoms with E-state index in [4.69, 9.17) is 4.42 Å². The van der Waals surface area contributed by atoms with E-state index in [2.05, 4.69) is 30.8 Å². The number of oxazole rings is 1. The molecule has 0 aromatic carbocycles. The van der Waals surface area contributed by atoms with Crippen molar-refractivity contribution in [3.63, 3.8) is 0 Å². The van der Waals surface area contributed by atoms with E-state index in [0.29, 0.717) is 11.9 Å². The summed E-state index contributed by atoms with van der Waals surface area (Å²) < 4.78 is 5.70. The molecule has 0 radical (unpaired) electrons. The fraction of sp³-hybridized carbons (Fsp3) is 0.762. The average molecular weight is 534 g/mol. The van der Waals surface area contributed by atoms with Crippen LogP contribution < -0.4 is 16.0 Å². The fourth-order valence-electron chi connectivity index (χ4n) is 3.34. The maximum absolute atomic E-state index is 12.0. The zero-order chi connectivity index (χ0) is 21.4. The van der Waals surface area contributed by atoms with Gasteiger partial charge >= 0.3 is 0 Å². The zero-order valence-electron chi connectivity index (χ0n) is 19.3. The van der Waals surface area contributed by atoms with Crippen molar-refractivity contribution in [2.75, 3.05) is 32.7 Å². The smallest absolute Gasteiger partial charge is 0.242 e. The first-order valence-corrected chi connectivity index (χ1v) is 10.6. The molecule has 8 nitrogen and oxygen atoms in total. The zero-order valence-corrected chi connectivity index (χ0v) is 21.6. The summed E-state index contributed by atoms with van der Waals surface area (Å²) in [5.41, 5.74) is 0.736. The number of hydrogen-bond acceptors (Lipinski definition) is 5. The van der Waals surface area contributed by atoms with E-state index in [9.17, 15) is 4.79 Å². The molecule has 0 unspecified atom stereocenters. The molecule has 172 valence electrons. The summed E-state index contributed by atoms with van der Waals surface area (Å²) in [4.78, 5) is 23.3. The van der Waals surface area contributed by atoms with Gasteiger partial charge in [0.05, 0.1) is 12.2 Å². The van der Waals surface area contributed by atoms with Crippen LogP contribution in [0.1, 0.15) is 57.9 Å². The summed E-state index contributed by atoms with van der Waals surface area (Å²) in [5, 5.41) is 9.54. The molecule has 0 spiro atoms. The molecule has 1 aliphatic rings. The molecule has 30 heavy (non-hydrogen) atoms. The summed E-state index contributed by atoms with van der Waals surface area (Å²) in [5.74, 6) is 2.94. The number of carbonyl (C=O) groups excluding carboxylic acids is 1. The molecule has 3 N–H and O–H groups in total. The van der Waals surface area contributed by atoms with Crippen LogP contribution in [-0.2, 0) is 11.3 Å². The summed E-state index contributed by atoms with van der Waals surface area (Å²) in [6, 6.07) is 0. The number of carbonyl (C=O) groups is 1. The molecule has 0 bridgehead atoms. The number of rotatable bonds is 7. The number of halogens is 1. The van der Waals surface area contributed by atoms with Gasteiger partial charge in [0.2, 0.25) is 11.8 Å². The Balaban J connectivity index is 0.00000450. The topological polar surface area (TPSA) is 94.8 Å². The van der Waals surface area contributed by atoms with Crippen molar-refractivity contribution in [2.24, 2.45) is 10.9 Å². The van der Waals surface area contributed by atoms with Gasteiger partial charge in [0.15, 0.2) is 5.96 Å². The maximum Gasteiger partial charge on any atom is 0.242 e.